The van der Waals surface area contributed by atoms with Gasteiger partial charge in [-0.3, -0.25) is 9.36 Å². The van der Waals surface area contributed by atoms with Crippen LogP contribution < -0.4 is 0 Å². The molecule has 0 N–H and O–H groups in total. The Kier molecular flexibility index (Phi) is 4.59. The van der Waals surface area contributed by atoms with Gasteiger partial charge in [0, 0.05) is 18.0 Å². The Hall–Kier alpha value is -2.12. The number of carbonyl (C=O) groups excluding carboxylic acids is 1. The smallest absolute Gasteiger partial charge is 0.233 e. The molecule has 128 valence electrons. The molecule has 1 aromatic carbocycles. The van der Waals surface area contributed by atoms with Crippen LogP contribution in [0.5, 0.6) is 0 Å². The highest BCUT2D eigenvalue weighted by Gasteiger charge is 2.22. The van der Waals surface area contributed by atoms with Crippen LogP contribution in [0.25, 0.3) is 5.69 Å². The third kappa shape index (κ3) is 3.34. The number of hydrogen-bond donors (Lipinski definition) is 0. The lowest BCUT2D eigenvalue weighted by atomic mass is 10.1. The van der Waals surface area contributed by atoms with E-state index in [0.717, 1.165) is 35.9 Å². The minimum Gasteiger partial charge on any atom is -0.337 e. The first-order valence-electron chi connectivity index (χ1n) is 8.14. The fourth-order valence-electron chi connectivity index (χ4n) is 3.00. The normalized spacial score (nSPS) is 13.7. The zero-order chi connectivity index (χ0) is 17.2. The fourth-order valence-corrected chi connectivity index (χ4v) is 4.71. The second-order valence-electron chi connectivity index (χ2n) is 5.99. The van der Waals surface area contributed by atoms with Gasteiger partial charge >= 0.3 is 0 Å². The molecule has 0 saturated heterocycles. The van der Waals surface area contributed by atoms with E-state index in [2.05, 4.69) is 34.6 Å². The van der Waals surface area contributed by atoms with Crippen molar-refractivity contribution in [1.29, 1.82) is 0 Å². The Morgan fingerprint density at radius 3 is 3.08 bits per heavy atom. The van der Waals surface area contributed by atoms with E-state index in [0.29, 0.717) is 5.75 Å². The first-order valence-corrected chi connectivity index (χ1v) is 10.0. The van der Waals surface area contributed by atoms with Gasteiger partial charge in [-0.05, 0) is 42.0 Å². The quantitative estimate of drug-likeness (QED) is 0.661. The van der Waals surface area contributed by atoms with Gasteiger partial charge < -0.3 is 4.90 Å². The first kappa shape index (κ1) is 16.4. The molecule has 4 rings (SSSR count). The molecular weight excluding hydrogens is 352 g/mol. The number of amides is 1. The predicted octanol–water partition coefficient (Wildman–Crippen LogP) is 3.31. The third-order valence-electron chi connectivity index (χ3n) is 4.38. The van der Waals surface area contributed by atoms with Crippen molar-refractivity contribution in [2.75, 3.05) is 12.3 Å². The van der Waals surface area contributed by atoms with E-state index in [1.165, 1.54) is 22.2 Å². The van der Waals surface area contributed by atoms with Crippen molar-refractivity contribution in [1.82, 2.24) is 19.7 Å². The lowest BCUT2D eigenvalue weighted by Gasteiger charge is -2.26. The van der Waals surface area contributed by atoms with E-state index in [-0.39, 0.29) is 5.91 Å². The van der Waals surface area contributed by atoms with Gasteiger partial charge in [0.1, 0.15) is 6.33 Å². The molecule has 0 saturated carbocycles. The van der Waals surface area contributed by atoms with E-state index in [1.54, 1.807) is 17.7 Å². The summed E-state index contributed by atoms with van der Waals surface area (Å²) in [5.41, 5.74) is 3.48. The van der Waals surface area contributed by atoms with Crippen LogP contribution in [0.2, 0.25) is 0 Å². The van der Waals surface area contributed by atoms with Crippen molar-refractivity contribution in [2.24, 2.45) is 0 Å². The van der Waals surface area contributed by atoms with Crippen molar-refractivity contribution < 1.29 is 4.79 Å². The number of thioether (sulfide) groups is 1. The van der Waals surface area contributed by atoms with E-state index in [1.807, 2.05) is 27.7 Å². The van der Waals surface area contributed by atoms with E-state index < -0.39 is 0 Å². The maximum atomic E-state index is 12.6. The Morgan fingerprint density at radius 2 is 2.20 bits per heavy atom. The monoisotopic (exact) mass is 370 g/mol. The molecule has 1 amide bonds. The van der Waals surface area contributed by atoms with Gasteiger partial charge in [-0.25, -0.2) is 0 Å². The van der Waals surface area contributed by atoms with Crippen LogP contribution in [0.4, 0.5) is 0 Å². The van der Waals surface area contributed by atoms with Gasteiger partial charge in [0.15, 0.2) is 5.16 Å². The number of fused-ring (bicyclic) bond motifs is 1. The third-order valence-corrected chi connectivity index (χ3v) is 6.33. The summed E-state index contributed by atoms with van der Waals surface area (Å²) in [5, 5.41) is 11.1. The minimum atomic E-state index is 0.154. The summed E-state index contributed by atoms with van der Waals surface area (Å²) in [4.78, 5) is 15.9. The Labute approximate surface area is 154 Å². The van der Waals surface area contributed by atoms with Crippen molar-refractivity contribution in [3.8, 4) is 5.69 Å². The number of nitrogens with zero attached hydrogens (tertiary/aromatic N) is 4. The van der Waals surface area contributed by atoms with Crippen LogP contribution in [-0.2, 0) is 17.8 Å². The standard InChI is InChI=1S/C18H18N4OS2/c1-13-4-2-3-5-15(13)22-12-19-20-18(22)25-11-17(23)21-8-6-16-14(10-21)7-9-24-16/h2-5,7,9,12H,6,8,10-11H2,1H3. The highest BCUT2D eigenvalue weighted by molar-refractivity contribution is 7.99. The van der Waals surface area contributed by atoms with Gasteiger partial charge in [-0.2, -0.15) is 0 Å². The van der Waals surface area contributed by atoms with E-state index >= 15 is 0 Å². The van der Waals surface area contributed by atoms with Crippen molar-refractivity contribution >= 4 is 29.0 Å². The highest BCUT2D eigenvalue weighted by atomic mass is 32.2. The van der Waals surface area contributed by atoms with E-state index in [4.69, 9.17) is 0 Å². The second kappa shape index (κ2) is 7.01. The van der Waals surface area contributed by atoms with Crippen molar-refractivity contribution in [3.63, 3.8) is 0 Å². The molecule has 25 heavy (non-hydrogen) atoms. The summed E-state index contributed by atoms with van der Waals surface area (Å²) in [6.45, 7) is 3.58. The van der Waals surface area contributed by atoms with Crippen LogP contribution >= 0.6 is 23.1 Å². The van der Waals surface area contributed by atoms with Crippen LogP contribution in [0.1, 0.15) is 16.0 Å². The number of para-hydroxylation sites is 1. The number of aryl methyl sites for hydroxylation is 1. The Balaban J connectivity index is 1.44. The predicted molar refractivity (Wildman–Crippen MR) is 100 cm³/mol. The Bertz CT molecular complexity index is 902. The molecule has 2 aromatic heterocycles. The molecule has 3 heterocycles. The number of carbonyl (C=O) groups is 1. The number of thiophene rings is 1. The minimum absolute atomic E-state index is 0.154. The summed E-state index contributed by atoms with van der Waals surface area (Å²) >= 11 is 3.23. The van der Waals surface area contributed by atoms with Gasteiger partial charge in [-0.1, -0.05) is 30.0 Å². The largest absolute Gasteiger partial charge is 0.337 e. The number of aromatic nitrogens is 3. The number of rotatable bonds is 4. The molecule has 0 bridgehead atoms. The summed E-state index contributed by atoms with van der Waals surface area (Å²) in [5.74, 6) is 0.533. The lowest BCUT2D eigenvalue weighted by molar-refractivity contribution is -0.129. The maximum Gasteiger partial charge on any atom is 0.233 e. The van der Waals surface area contributed by atoms with Crippen molar-refractivity contribution in [2.45, 2.75) is 25.0 Å². The fraction of sp³-hybridized carbons (Fsp3) is 0.278. The average Bonchev–Trinajstić information content (AvgIpc) is 3.28. The molecule has 0 radical (unpaired) electrons. The summed E-state index contributed by atoms with van der Waals surface area (Å²) < 4.78 is 1.94. The molecule has 7 heteroatoms. The molecular formula is C18H18N4OS2. The molecule has 0 fully saturated rings. The SMILES string of the molecule is Cc1ccccc1-n1cnnc1SCC(=O)N1CCc2sccc2C1. The van der Waals surface area contributed by atoms with Gasteiger partial charge in [-0.15, -0.1) is 21.5 Å². The van der Waals surface area contributed by atoms with E-state index in [9.17, 15) is 4.79 Å². The molecule has 0 spiro atoms. The lowest BCUT2D eigenvalue weighted by Crippen LogP contribution is -2.36. The molecule has 0 atom stereocenters. The summed E-state index contributed by atoms with van der Waals surface area (Å²) in [6.07, 6.45) is 2.66. The summed E-state index contributed by atoms with van der Waals surface area (Å²) in [7, 11) is 0. The van der Waals surface area contributed by atoms with Crippen LogP contribution in [0.15, 0.2) is 47.2 Å². The highest BCUT2D eigenvalue weighted by Crippen LogP contribution is 2.26. The zero-order valence-electron chi connectivity index (χ0n) is 13.9. The van der Waals surface area contributed by atoms with Gasteiger partial charge in [0.25, 0.3) is 0 Å². The van der Waals surface area contributed by atoms with Crippen LogP contribution in [0, 0.1) is 6.92 Å². The first-order chi connectivity index (χ1) is 12.2. The van der Waals surface area contributed by atoms with Gasteiger partial charge in [0.2, 0.25) is 5.91 Å². The number of benzene rings is 1. The van der Waals surface area contributed by atoms with Crippen LogP contribution in [0.3, 0.4) is 0 Å². The van der Waals surface area contributed by atoms with Crippen molar-refractivity contribution in [3.05, 3.63) is 58.0 Å². The number of hydrogen-bond acceptors (Lipinski definition) is 5. The summed E-state index contributed by atoms with van der Waals surface area (Å²) in [6, 6.07) is 10.2. The average molecular weight is 371 g/mol. The maximum absolute atomic E-state index is 12.6. The van der Waals surface area contributed by atoms with Gasteiger partial charge in [0.05, 0.1) is 11.4 Å². The Morgan fingerprint density at radius 1 is 1.32 bits per heavy atom. The molecule has 5 nitrogen and oxygen atoms in total. The second-order valence-corrected chi connectivity index (χ2v) is 7.94. The zero-order valence-corrected chi connectivity index (χ0v) is 15.5. The molecule has 1 aliphatic heterocycles. The van der Waals surface area contributed by atoms with Crippen LogP contribution in [-0.4, -0.2) is 37.9 Å². The molecule has 3 aromatic rings. The topological polar surface area (TPSA) is 51.0 Å². The molecule has 0 aliphatic carbocycles. The molecule has 0 unspecified atom stereocenters. The molecule has 1 aliphatic rings.